The quantitative estimate of drug-likeness (QED) is 0.712. The Hall–Kier alpha value is -0.610. The van der Waals surface area contributed by atoms with Gasteiger partial charge in [-0.05, 0) is 12.8 Å². The summed E-state index contributed by atoms with van der Waals surface area (Å²) in [5.41, 5.74) is 5.78. The number of amides is 1. The molecule has 4 nitrogen and oxygen atoms in total. The van der Waals surface area contributed by atoms with E-state index in [1.165, 1.54) is 0 Å². The number of likely N-dealkylation sites (tertiary alicyclic amines) is 1. The summed E-state index contributed by atoms with van der Waals surface area (Å²) in [6.45, 7) is 5.78. The van der Waals surface area contributed by atoms with E-state index in [9.17, 15) is 4.79 Å². The number of carbonyl (C=O) groups is 1. The molecule has 2 rings (SSSR count). The highest BCUT2D eigenvalue weighted by Gasteiger charge is 2.43. The second-order valence-electron chi connectivity index (χ2n) is 4.95. The van der Waals surface area contributed by atoms with E-state index in [-0.39, 0.29) is 17.2 Å². The standard InChI is InChI=1S/C11H20N2O2/c1-9(6-12)10(14)13-4-2-11(7-13)3-5-15-8-11/h9H,2-8,12H2,1H3. The van der Waals surface area contributed by atoms with E-state index in [0.717, 1.165) is 39.1 Å². The highest BCUT2D eigenvalue weighted by atomic mass is 16.5. The predicted octanol–water partition coefficient (Wildman–Crippen LogP) is 0.220. The van der Waals surface area contributed by atoms with Crippen molar-refractivity contribution in [3.63, 3.8) is 0 Å². The normalized spacial score (nSPS) is 32.5. The first-order chi connectivity index (χ1) is 7.17. The van der Waals surface area contributed by atoms with E-state index in [1.807, 2.05) is 11.8 Å². The van der Waals surface area contributed by atoms with Crippen molar-refractivity contribution in [1.29, 1.82) is 0 Å². The molecule has 0 aliphatic carbocycles. The van der Waals surface area contributed by atoms with Crippen LogP contribution in [-0.2, 0) is 9.53 Å². The minimum Gasteiger partial charge on any atom is -0.381 e. The Bertz CT molecular complexity index is 249. The van der Waals surface area contributed by atoms with E-state index in [1.54, 1.807) is 0 Å². The zero-order chi connectivity index (χ0) is 10.9. The number of carbonyl (C=O) groups excluding carboxylic acids is 1. The van der Waals surface area contributed by atoms with Crippen LogP contribution in [0.5, 0.6) is 0 Å². The number of hydrogen-bond acceptors (Lipinski definition) is 3. The Kier molecular flexibility index (Phi) is 2.98. The zero-order valence-corrected chi connectivity index (χ0v) is 9.37. The fourth-order valence-electron chi connectivity index (χ4n) is 2.51. The van der Waals surface area contributed by atoms with Crippen molar-refractivity contribution in [3.8, 4) is 0 Å². The number of rotatable bonds is 2. The van der Waals surface area contributed by atoms with E-state index >= 15 is 0 Å². The molecule has 2 fully saturated rings. The predicted molar refractivity (Wildman–Crippen MR) is 57.3 cm³/mol. The van der Waals surface area contributed by atoms with Gasteiger partial charge >= 0.3 is 0 Å². The monoisotopic (exact) mass is 212 g/mol. The van der Waals surface area contributed by atoms with Crippen molar-refractivity contribution in [1.82, 2.24) is 4.90 Å². The fraction of sp³-hybridized carbons (Fsp3) is 0.909. The molecule has 2 unspecified atom stereocenters. The zero-order valence-electron chi connectivity index (χ0n) is 9.37. The summed E-state index contributed by atoms with van der Waals surface area (Å²) in [4.78, 5) is 13.9. The van der Waals surface area contributed by atoms with Crippen LogP contribution in [0.3, 0.4) is 0 Å². The molecule has 15 heavy (non-hydrogen) atoms. The highest BCUT2D eigenvalue weighted by Crippen LogP contribution is 2.38. The second-order valence-corrected chi connectivity index (χ2v) is 4.95. The Morgan fingerprint density at radius 2 is 2.40 bits per heavy atom. The molecular weight excluding hydrogens is 192 g/mol. The lowest BCUT2D eigenvalue weighted by Crippen LogP contribution is -2.38. The topological polar surface area (TPSA) is 55.6 Å². The van der Waals surface area contributed by atoms with Crippen LogP contribution in [0.2, 0.25) is 0 Å². The average molecular weight is 212 g/mol. The third-order valence-electron chi connectivity index (χ3n) is 3.71. The molecule has 2 N–H and O–H groups in total. The van der Waals surface area contributed by atoms with Crippen molar-refractivity contribution in [2.24, 2.45) is 17.1 Å². The van der Waals surface area contributed by atoms with Gasteiger partial charge in [-0.3, -0.25) is 4.79 Å². The number of nitrogens with zero attached hydrogens (tertiary/aromatic N) is 1. The number of ether oxygens (including phenoxy) is 1. The fourth-order valence-corrected chi connectivity index (χ4v) is 2.51. The van der Waals surface area contributed by atoms with Crippen LogP contribution >= 0.6 is 0 Å². The first-order valence-corrected chi connectivity index (χ1v) is 5.73. The molecule has 0 radical (unpaired) electrons. The molecule has 0 aromatic rings. The van der Waals surface area contributed by atoms with Crippen LogP contribution in [0, 0.1) is 11.3 Å². The molecule has 1 spiro atoms. The number of nitrogens with two attached hydrogens (primary N) is 1. The molecule has 1 amide bonds. The van der Waals surface area contributed by atoms with Crippen LogP contribution in [0.15, 0.2) is 0 Å². The van der Waals surface area contributed by atoms with Crippen LogP contribution in [-0.4, -0.2) is 43.7 Å². The molecule has 2 atom stereocenters. The molecular formula is C11H20N2O2. The van der Waals surface area contributed by atoms with Crippen LogP contribution in [0.25, 0.3) is 0 Å². The molecule has 0 saturated carbocycles. The van der Waals surface area contributed by atoms with Gasteiger partial charge in [-0.25, -0.2) is 0 Å². The first-order valence-electron chi connectivity index (χ1n) is 5.73. The number of hydrogen-bond donors (Lipinski definition) is 1. The van der Waals surface area contributed by atoms with Crippen LogP contribution in [0.4, 0.5) is 0 Å². The van der Waals surface area contributed by atoms with Gasteiger partial charge in [0.05, 0.1) is 6.61 Å². The third kappa shape index (κ3) is 2.01. The molecule has 2 aliphatic rings. The summed E-state index contributed by atoms with van der Waals surface area (Å²) >= 11 is 0. The molecule has 0 aromatic heterocycles. The summed E-state index contributed by atoms with van der Waals surface area (Å²) in [6.07, 6.45) is 2.20. The summed E-state index contributed by atoms with van der Waals surface area (Å²) in [5.74, 6) is 0.170. The van der Waals surface area contributed by atoms with Gasteiger partial charge in [0.1, 0.15) is 0 Å². The Morgan fingerprint density at radius 1 is 1.60 bits per heavy atom. The van der Waals surface area contributed by atoms with Gasteiger partial charge < -0.3 is 15.4 Å². The first kappa shape index (κ1) is 10.9. The minimum atomic E-state index is -0.0394. The van der Waals surface area contributed by atoms with Crippen molar-refractivity contribution in [2.75, 3.05) is 32.8 Å². The van der Waals surface area contributed by atoms with Crippen molar-refractivity contribution in [2.45, 2.75) is 19.8 Å². The van der Waals surface area contributed by atoms with Crippen LogP contribution in [0.1, 0.15) is 19.8 Å². The lowest BCUT2D eigenvalue weighted by molar-refractivity contribution is -0.134. The third-order valence-corrected chi connectivity index (χ3v) is 3.71. The molecule has 0 aromatic carbocycles. The maximum absolute atomic E-state index is 11.9. The van der Waals surface area contributed by atoms with Crippen molar-refractivity contribution < 1.29 is 9.53 Å². The van der Waals surface area contributed by atoms with Crippen molar-refractivity contribution in [3.05, 3.63) is 0 Å². The van der Waals surface area contributed by atoms with Crippen LogP contribution < -0.4 is 5.73 Å². The van der Waals surface area contributed by atoms with E-state index in [2.05, 4.69) is 0 Å². The average Bonchev–Trinajstić information content (AvgIpc) is 2.88. The van der Waals surface area contributed by atoms with Gasteiger partial charge in [-0.2, -0.15) is 0 Å². The second kappa shape index (κ2) is 4.10. The highest BCUT2D eigenvalue weighted by molar-refractivity contribution is 5.79. The van der Waals surface area contributed by atoms with E-state index < -0.39 is 0 Å². The van der Waals surface area contributed by atoms with E-state index in [4.69, 9.17) is 10.5 Å². The SMILES string of the molecule is CC(CN)C(=O)N1CCC2(CCOC2)C1. The molecule has 2 aliphatic heterocycles. The summed E-state index contributed by atoms with van der Waals surface area (Å²) in [5, 5.41) is 0. The van der Waals surface area contributed by atoms with Gasteiger partial charge in [0.2, 0.25) is 5.91 Å². The minimum absolute atomic E-state index is 0.0394. The summed E-state index contributed by atoms with van der Waals surface area (Å²) in [7, 11) is 0. The maximum atomic E-state index is 11.9. The Morgan fingerprint density at radius 3 is 3.00 bits per heavy atom. The van der Waals surface area contributed by atoms with Crippen molar-refractivity contribution >= 4 is 5.91 Å². The molecule has 0 bridgehead atoms. The molecule has 2 heterocycles. The molecule has 4 heteroatoms. The largest absolute Gasteiger partial charge is 0.381 e. The Balaban J connectivity index is 1.94. The van der Waals surface area contributed by atoms with Gasteiger partial charge in [-0.1, -0.05) is 6.92 Å². The van der Waals surface area contributed by atoms with Gasteiger partial charge in [0.15, 0.2) is 0 Å². The van der Waals surface area contributed by atoms with Gasteiger partial charge in [0.25, 0.3) is 0 Å². The molecule has 86 valence electrons. The smallest absolute Gasteiger partial charge is 0.226 e. The lowest BCUT2D eigenvalue weighted by Gasteiger charge is -2.23. The summed E-state index contributed by atoms with van der Waals surface area (Å²) in [6, 6.07) is 0. The maximum Gasteiger partial charge on any atom is 0.226 e. The van der Waals surface area contributed by atoms with Gasteiger partial charge in [-0.15, -0.1) is 0 Å². The van der Waals surface area contributed by atoms with E-state index in [0.29, 0.717) is 6.54 Å². The lowest BCUT2D eigenvalue weighted by atomic mass is 9.87. The molecule has 2 saturated heterocycles. The Labute approximate surface area is 90.8 Å². The van der Waals surface area contributed by atoms with Gasteiger partial charge in [0, 0.05) is 37.6 Å². The summed E-state index contributed by atoms with van der Waals surface area (Å²) < 4.78 is 5.43.